The third-order valence-corrected chi connectivity index (χ3v) is 4.66. The Morgan fingerprint density at radius 2 is 1.70 bits per heavy atom. The zero-order valence-electron chi connectivity index (χ0n) is 18.2. The van der Waals surface area contributed by atoms with Crippen LogP contribution < -0.4 is 15.2 Å². The monoisotopic (exact) mass is 466 g/mol. The average molecular weight is 466 g/mol. The van der Waals surface area contributed by atoms with Gasteiger partial charge in [0.15, 0.2) is 5.60 Å². The molecule has 0 unspecified atom stereocenters. The van der Waals surface area contributed by atoms with Gasteiger partial charge in [-0.3, -0.25) is 0 Å². The van der Waals surface area contributed by atoms with Crippen LogP contribution in [0.25, 0.3) is 5.69 Å². The van der Waals surface area contributed by atoms with Crippen LogP contribution in [-0.2, 0) is 11.3 Å². The predicted molar refractivity (Wildman–Crippen MR) is 110 cm³/mol. The van der Waals surface area contributed by atoms with E-state index in [2.05, 4.69) is 15.2 Å². The first-order valence-corrected chi connectivity index (χ1v) is 9.68. The molecular formula is C21H21F3N4O5. The zero-order chi connectivity index (χ0) is 24.6. The van der Waals surface area contributed by atoms with E-state index in [1.807, 2.05) is 0 Å². The first-order valence-electron chi connectivity index (χ1n) is 9.68. The van der Waals surface area contributed by atoms with Crippen molar-refractivity contribution >= 4 is 5.97 Å². The second-order valence-electron chi connectivity index (χ2n) is 7.85. The maximum atomic E-state index is 12.7. The number of hydrogen-bond donors (Lipinski definition) is 1. The number of rotatable bonds is 7. The molecule has 1 aromatic heterocycles. The van der Waals surface area contributed by atoms with Gasteiger partial charge in [0.05, 0.1) is 12.2 Å². The Bertz CT molecular complexity index is 1220. The van der Waals surface area contributed by atoms with Gasteiger partial charge in [-0.1, -0.05) is 18.2 Å². The number of benzene rings is 2. The fourth-order valence-electron chi connectivity index (χ4n) is 3.11. The van der Waals surface area contributed by atoms with Gasteiger partial charge in [-0.15, -0.1) is 13.2 Å². The Morgan fingerprint density at radius 3 is 2.27 bits per heavy atom. The average Bonchev–Trinajstić information content (AvgIpc) is 3.04. The highest BCUT2D eigenvalue weighted by atomic mass is 19.4. The molecule has 3 rings (SSSR count). The summed E-state index contributed by atoms with van der Waals surface area (Å²) in [5.74, 6) is -1.19. The number of halogens is 3. The number of aliphatic carboxylic acids is 1. The van der Waals surface area contributed by atoms with Crippen molar-refractivity contribution < 1.29 is 32.5 Å². The SMILES string of the molecule is Cc1cc(Cn2nnn(-c3cccc(OC(F)(F)F)c3)c2=O)cc(C)c1OC(C)(C)C(=O)O. The van der Waals surface area contributed by atoms with Crippen molar-refractivity contribution in [1.29, 1.82) is 0 Å². The molecule has 0 aliphatic carbocycles. The van der Waals surface area contributed by atoms with E-state index in [4.69, 9.17) is 4.74 Å². The molecule has 0 fully saturated rings. The molecule has 12 heteroatoms. The third kappa shape index (κ3) is 5.51. The van der Waals surface area contributed by atoms with Crippen molar-refractivity contribution in [3.8, 4) is 17.2 Å². The number of ether oxygens (including phenoxy) is 2. The van der Waals surface area contributed by atoms with Crippen LogP contribution in [0.4, 0.5) is 13.2 Å². The van der Waals surface area contributed by atoms with Gasteiger partial charge < -0.3 is 14.6 Å². The van der Waals surface area contributed by atoms with Crippen molar-refractivity contribution in [3.63, 3.8) is 0 Å². The zero-order valence-corrected chi connectivity index (χ0v) is 18.2. The second-order valence-corrected chi connectivity index (χ2v) is 7.85. The van der Waals surface area contributed by atoms with Gasteiger partial charge in [0.1, 0.15) is 11.5 Å². The van der Waals surface area contributed by atoms with Crippen LogP contribution in [0, 0.1) is 13.8 Å². The molecule has 0 saturated heterocycles. The number of hydrogen-bond acceptors (Lipinski definition) is 6. The van der Waals surface area contributed by atoms with Crippen LogP contribution in [0.3, 0.4) is 0 Å². The van der Waals surface area contributed by atoms with Crippen LogP contribution in [0.2, 0.25) is 0 Å². The van der Waals surface area contributed by atoms with Gasteiger partial charge in [-0.25, -0.2) is 9.59 Å². The van der Waals surface area contributed by atoms with Crippen molar-refractivity contribution in [3.05, 3.63) is 63.6 Å². The number of carboxylic acids is 1. The van der Waals surface area contributed by atoms with Crippen molar-refractivity contribution in [2.24, 2.45) is 0 Å². The second kappa shape index (κ2) is 8.60. The van der Waals surface area contributed by atoms with Crippen LogP contribution in [-0.4, -0.2) is 42.8 Å². The van der Waals surface area contributed by atoms with Gasteiger partial charge in [0, 0.05) is 6.07 Å². The molecule has 1 N–H and O–H groups in total. The Balaban J connectivity index is 1.86. The topological polar surface area (TPSA) is 108 Å². The van der Waals surface area contributed by atoms with Crippen molar-refractivity contribution in [2.75, 3.05) is 0 Å². The number of carbonyl (C=O) groups is 1. The minimum atomic E-state index is -4.87. The van der Waals surface area contributed by atoms with Crippen molar-refractivity contribution in [1.82, 2.24) is 19.8 Å². The molecule has 176 valence electrons. The number of alkyl halides is 3. The van der Waals surface area contributed by atoms with E-state index in [1.165, 1.54) is 26.0 Å². The number of aromatic nitrogens is 4. The number of tetrazole rings is 1. The fourth-order valence-corrected chi connectivity index (χ4v) is 3.11. The molecule has 0 aliphatic rings. The van der Waals surface area contributed by atoms with Crippen LogP contribution in [0.15, 0.2) is 41.2 Å². The lowest BCUT2D eigenvalue weighted by Gasteiger charge is -2.24. The molecule has 9 nitrogen and oxygen atoms in total. The molecule has 2 aromatic carbocycles. The van der Waals surface area contributed by atoms with Crippen molar-refractivity contribution in [2.45, 2.75) is 46.2 Å². The summed E-state index contributed by atoms with van der Waals surface area (Å²) in [5, 5.41) is 16.8. The highest BCUT2D eigenvalue weighted by Crippen LogP contribution is 2.29. The molecule has 1 heterocycles. The summed E-state index contributed by atoms with van der Waals surface area (Å²) in [4.78, 5) is 24.1. The number of nitrogens with zero attached hydrogens (tertiary/aromatic N) is 4. The normalized spacial score (nSPS) is 12.0. The van der Waals surface area contributed by atoms with E-state index in [-0.39, 0.29) is 12.2 Å². The minimum Gasteiger partial charge on any atom is -0.478 e. The summed E-state index contributed by atoms with van der Waals surface area (Å²) in [5.41, 5.74) is -0.0368. The lowest BCUT2D eigenvalue weighted by molar-refractivity contribution is -0.274. The molecule has 0 aliphatic heterocycles. The summed E-state index contributed by atoms with van der Waals surface area (Å²) < 4.78 is 48.8. The minimum absolute atomic E-state index is 0.0296. The first-order chi connectivity index (χ1) is 15.3. The highest BCUT2D eigenvalue weighted by Gasteiger charge is 2.32. The van der Waals surface area contributed by atoms with E-state index in [9.17, 15) is 27.9 Å². The molecule has 33 heavy (non-hydrogen) atoms. The highest BCUT2D eigenvalue weighted by molar-refractivity contribution is 5.77. The van der Waals surface area contributed by atoms with E-state index >= 15 is 0 Å². The third-order valence-electron chi connectivity index (χ3n) is 4.66. The van der Waals surface area contributed by atoms with Gasteiger partial charge >= 0.3 is 18.0 Å². The Labute approximate surface area is 185 Å². The lowest BCUT2D eigenvalue weighted by Crippen LogP contribution is -2.38. The Kier molecular flexibility index (Phi) is 6.21. The van der Waals surface area contributed by atoms with Crippen LogP contribution in [0.5, 0.6) is 11.5 Å². The molecule has 0 spiro atoms. The summed E-state index contributed by atoms with van der Waals surface area (Å²) in [6, 6.07) is 8.28. The van der Waals surface area contributed by atoms with E-state index < -0.39 is 29.4 Å². The van der Waals surface area contributed by atoms with Crippen LogP contribution in [0.1, 0.15) is 30.5 Å². The quantitative estimate of drug-likeness (QED) is 0.570. The molecule has 0 amide bonds. The van der Waals surface area contributed by atoms with Gasteiger partial charge in [0.25, 0.3) is 0 Å². The lowest BCUT2D eigenvalue weighted by atomic mass is 10.0. The predicted octanol–water partition coefficient (Wildman–Crippen LogP) is 3.23. The largest absolute Gasteiger partial charge is 0.573 e. The van der Waals surface area contributed by atoms with Gasteiger partial charge in [-0.2, -0.15) is 9.36 Å². The smallest absolute Gasteiger partial charge is 0.478 e. The Hall–Kier alpha value is -3.83. The van der Waals surface area contributed by atoms with E-state index in [0.717, 1.165) is 21.5 Å². The van der Waals surface area contributed by atoms with Gasteiger partial charge in [0.2, 0.25) is 0 Å². The number of aryl methyl sites for hydroxylation is 2. The fraction of sp³-hybridized carbons (Fsp3) is 0.333. The summed E-state index contributed by atoms with van der Waals surface area (Å²) >= 11 is 0. The first kappa shape index (κ1) is 23.8. The molecule has 0 saturated carbocycles. The van der Waals surface area contributed by atoms with Gasteiger partial charge in [-0.05, 0) is 66.9 Å². The number of carboxylic acid groups (broad SMARTS) is 1. The molecular weight excluding hydrogens is 445 g/mol. The summed E-state index contributed by atoms with van der Waals surface area (Å²) in [6.45, 7) is 6.40. The maximum absolute atomic E-state index is 12.7. The standard InChI is InChI=1S/C21H21F3N4O5/c1-12-8-14(9-13(2)17(12)33-20(3,4)18(29)30)11-27-19(31)28(26-25-27)15-6-5-7-16(10-15)32-21(22,23)24/h5-10H,11H2,1-4H3,(H,29,30). The summed E-state index contributed by atoms with van der Waals surface area (Å²) in [7, 11) is 0. The molecule has 0 radical (unpaired) electrons. The molecule has 0 atom stereocenters. The summed E-state index contributed by atoms with van der Waals surface area (Å²) in [6.07, 6.45) is -4.87. The van der Waals surface area contributed by atoms with E-state index in [1.54, 1.807) is 26.0 Å². The maximum Gasteiger partial charge on any atom is 0.573 e. The molecule has 0 bridgehead atoms. The molecule has 3 aromatic rings. The Morgan fingerprint density at radius 1 is 1.06 bits per heavy atom. The van der Waals surface area contributed by atoms with E-state index in [0.29, 0.717) is 22.4 Å². The van der Waals surface area contributed by atoms with Crippen LogP contribution >= 0.6 is 0 Å².